The van der Waals surface area contributed by atoms with Crippen LogP contribution < -0.4 is 5.73 Å². The summed E-state index contributed by atoms with van der Waals surface area (Å²) in [5.74, 6) is -0.163. The Bertz CT molecular complexity index is 572. The summed E-state index contributed by atoms with van der Waals surface area (Å²) in [4.78, 5) is 33.1. The molecule has 0 saturated carbocycles. The molecule has 0 radical (unpaired) electrons. The highest BCUT2D eigenvalue weighted by molar-refractivity contribution is 5.86. The fourth-order valence-electron chi connectivity index (χ4n) is 4.03. The number of hydrogen-bond donors (Lipinski definition) is 1. The van der Waals surface area contributed by atoms with Crippen molar-refractivity contribution in [2.24, 2.45) is 5.73 Å². The number of rotatable bonds is 4. The average molecular weight is 333 g/mol. The number of amides is 2. The topological polar surface area (TPSA) is 84.5 Å². The van der Waals surface area contributed by atoms with Gasteiger partial charge >= 0.3 is 0 Å². The highest BCUT2D eigenvalue weighted by Crippen LogP contribution is 2.32. The van der Waals surface area contributed by atoms with E-state index in [0.717, 1.165) is 25.9 Å². The van der Waals surface area contributed by atoms with Crippen molar-refractivity contribution in [1.82, 2.24) is 19.4 Å². The van der Waals surface area contributed by atoms with Crippen LogP contribution in [0, 0.1) is 0 Å². The van der Waals surface area contributed by atoms with Crippen LogP contribution in [-0.2, 0) is 9.59 Å². The monoisotopic (exact) mass is 333 g/mol. The number of primary amides is 1. The molecule has 7 heteroatoms. The summed E-state index contributed by atoms with van der Waals surface area (Å²) in [5, 5.41) is 0. The molecule has 2 fully saturated rings. The van der Waals surface area contributed by atoms with Crippen LogP contribution in [0.5, 0.6) is 0 Å². The lowest BCUT2D eigenvalue weighted by atomic mass is 9.83. The SMILES string of the molecule is C[C@H](C(=O)N1CCC(C(N)=O)(N2CCCCC2)CC1)n1ccnc1. The van der Waals surface area contributed by atoms with Gasteiger partial charge in [0.05, 0.1) is 6.33 Å². The van der Waals surface area contributed by atoms with Gasteiger partial charge in [-0.25, -0.2) is 4.98 Å². The van der Waals surface area contributed by atoms with E-state index < -0.39 is 5.54 Å². The van der Waals surface area contributed by atoms with Crippen molar-refractivity contribution in [2.45, 2.75) is 50.6 Å². The molecule has 7 nitrogen and oxygen atoms in total. The first-order valence-electron chi connectivity index (χ1n) is 8.86. The van der Waals surface area contributed by atoms with Crippen LogP contribution in [0.25, 0.3) is 0 Å². The van der Waals surface area contributed by atoms with Gasteiger partial charge in [-0.05, 0) is 45.7 Å². The van der Waals surface area contributed by atoms with Crippen molar-refractivity contribution < 1.29 is 9.59 Å². The van der Waals surface area contributed by atoms with E-state index in [1.165, 1.54) is 6.42 Å². The lowest BCUT2D eigenvalue weighted by Gasteiger charge is -2.48. The van der Waals surface area contributed by atoms with E-state index in [2.05, 4.69) is 9.88 Å². The molecule has 2 aliphatic heterocycles. The van der Waals surface area contributed by atoms with E-state index in [0.29, 0.717) is 25.9 Å². The minimum atomic E-state index is -0.574. The molecule has 2 saturated heterocycles. The third kappa shape index (κ3) is 3.05. The molecule has 24 heavy (non-hydrogen) atoms. The van der Waals surface area contributed by atoms with Gasteiger partial charge in [0, 0.05) is 25.5 Å². The van der Waals surface area contributed by atoms with Crippen LogP contribution in [0.3, 0.4) is 0 Å². The molecule has 2 N–H and O–H groups in total. The number of carbonyl (C=O) groups is 2. The molecule has 0 aliphatic carbocycles. The van der Waals surface area contributed by atoms with Gasteiger partial charge in [-0.2, -0.15) is 0 Å². The number of hydrogen-bond acceptors (Lipinski definition) is 4. The van der Waals surface area contributed by atoms with E-state index in [9.17, 15) is 9.59 Å². The van der Waals surface area contributed by atoms with E-state index in [1.807, 2.05) is 16.4 Å². The minimum absolute atomic E-state index is 0.0738. The first-order chi connectivity index (χ1) is 11.5. The van der Waals surface area contributed by atoms with E-state index in [-0.39, 0.29) is 17.9 Å². The normalized spacial score (nSPS) is 23.0. The second-order valence-electron chi connectivity index (χ2n) is 6.95. The lowest BCUT2D eigenvalue weighted by molar-refractivity contribution is -0.143. The van der Waals surface area contributed by atoms with Crippen molar-refractivity contribution in [3.05, 3.63) is 18.7 Å². The van der Waals surface area contributed by atoms with Gasteiger partial charge in [-0.15, -0.1) is 0 Å². The second kappa shape index (κ2) is 6.93. The first kappa shape index (κ1) is 17.0. The maximum absolute atomic E-state index is 12.7. The van der Waals surface area contributed by atoms with E-state index >= 15 is 0 Å². The average Bonchev–Trinajstić information content (AvgIpc) is 3.16. The number of imidazole rings is 1. The lowest BCUT2D eigenvalue weighted by Crippen LogP contribution is -2.64. The van der Waals surface area contributed by atoms with Crippen LogP contribution in [0.15, 0.2) is 18.7 Å². The third-order valence-electron chi connectivity index (χ3n) is 5.65. The van der Waals surface area contributed by atoms with Gasteiger partial charge in [0.1, 0.15) is 11.6 Å². The van der Waals surface area contributed by atoms with Gasteiger partial charge in [0.25, 0.3) is 0 Å². The Hall–Kier alpha value is -1.89. The summed E-state index contributed by atoms with van der Waals surface area (Å²) < 4.78 is 1.81. The number of piperidine rings is 2. The summed E-state index contributed by atoms with van der Waals surface area (Å²) in [6.45, 7) is 4.91. The predicted molar refractivity (Wildman–Crippen MR) is 90.1 cm³/mol. The summed E-state index contributed by atoms with van der Waals surface area (Å²) in [7, 11) is 0. The van der Waals surface area contributed by atoms with E-state index in [4.69, 9.17) is 5.73 Å². The third-order valence-corrected chi connectivity index (χ3v) is 5.65. The zero-order valence-electron chi connectivity index (χ0n) is 14.4. The van der Waals surface area contributed by atoms with Crippen molar-refractivity contribution in [1.29, 1.82) is 0 Å². The molecular formula is C17H27N5O2. The summed E-state index contributed by atoms with van der Waals surface area (Å²) in [6, 6.07) is -0.274. The Morgan fingerprint density at radius 3 is 2.33 bits per heavy atom. The van der Waals surface area contributed by atoms with Crippen LogP contribution >= 0.6 is 0 Å². The highest BCUT2D eigenvalue weighted by Gasteiger charge is 2.46. The summed E-state index contributed by atoms with van der Waals surface area (Å²) in [5.41, 5.74) is 5.22. The van der Waals surface area contributed by atoms with Crippen molar-refractivity contribution in [3.63, 3.8) is 0 Å². The van der Waals surface area contributed by atoms with Crippen LogP contribution in [0.2, 0.25) is 0 Å². The van der Waals surface area contributed by atoms with Gasteiger partial charge < -0.3 is 15.2 Å². The second-order valence-corrected chi connectivity index (χ2v) is 6.95. The highest BCUT2D eigenvalue weighted by atomic mass is 16.2. The van der Waals surface area contributed by atoms with Crippen LogP contribution in [0.1, 0.15) is 45.1 Å². The summed E-state index contributed by atoms with van der Waals surface area (Å²) >= 11 is 0. The smallest absolute Gasteiger partial charge is 0.245 e. The molecule has 3 heterocycles. The molecule has 132 valence electrons. The van der Waals surface area contributed by atoms with Gasteiger partial charge in [0.2, 0.25) is 11.8 Å². The number of nitrogens with two attached hydrogens (primary N) is 1. The molecule has 2 aliphatic rings. The van der Waals surface area contributed by atoms with E-state index in [1.54, 1.807) is 18.7 Å². The Morgan fingerprint density at radius 1 is 1.12 bits per heavy atom. The number of carbonyl (C=O) groups excluding carboxylic acids is 2. The van der Waals surface area contributed by atoms with Gasteiger partial charge in [-0.3, -0.25) is 14.5 Å². The molecule has 0 unspecified atom stereocenters. The first-order valence-corrected chi connectivity index (χ1v) is 8.86. The van der Waals surface area contributed by atoms with Crippen LogP contribution in [0.4, 0.5) is 0 Å². The molecule has 0 spiro atoms. The largest absolute Gasteiger partial charge is 0.368 e. The maximum Gasteiger partial charge on any atom is 0.245 e. The zero-order chi connectivity index (χ0) is 17.2. The molecule has 2 amide bonds. The van der Waals surface area contributed by atoms with Gasteiger partial charge in [0.15, 0.2) is 0 Å². The molecule has 1 atom stereocenters. The Balaban J connectivity index is 1.66. The maximum atomic E-state index is 12.7. The molecule has 1 aromatic heterocycles. The fourth-order valence-corrected chi connectivity index (χ4v) is 4.03. The van der Waals surface area contributed by atoms with Crippen molar-refractivity contribution in [2.75, 3.05) is 26.2 Å². The molecule has 0 aromatic carbocycles. The summed E-state index contributed by atoms with van der Waals surface area (Å²) in [6.07, 6.45) is 9.86. The van der Waals surface area contributed by atoms with Crippen molar-refractivity contribution >= 4 is 11.8 Å². The Morgan fingerprint density at radius 2 is 1.79 bits per heavy atom. The number of aromatic nitrogens is 2. The van der Waals surface area contributed by atoms with Crippen LogP contribution in [-0.4, -0.2) is 62.9 Å². The zero-order valence-corrected chi connectivity index (χ0v) is 14.4. The number of nitrogens with zero attached hydrogens (tertiary/aromatic N) is 4. The standard InChI is InChI=1S/C17H27N5O2/c1-14(21-12-7-19-13-21)15(23)20-10-5-17(6-11-20,16(18)24)22-8-3-2-4-9-22/h7,12-14H,2-6,8-11H2,1H3,(H2,18,24)/t14-/m1/s1. The molecule has 0 bridgehead atoms. The Labute approximate surface area is 142 Å². The number of likely N-dealkylation sites (tertiary alicyclic amines) is 2. The predicted octanol–water partition coefficient (Wildman–Crippen LogP) is 0.777. The Kier molecular flexibility index (Phi) is 4.89. The van der Waals surface area contributed by atoms with Crippen molar-refractivity contribution in [3.8, 4) is 0 Å². The molecule has 1 aromatic rings. The molecule has 3 rings (SSSR count). The fraction of sp³-hybridized carbons (Fsp3) is 0.706. The molecular weight excluding hydrogens is 306 g/mol. The van der Waals surface area contributed by atoms with Gasteiger partial charge in [-0.1, -0.05) is 6.42 Å². The minimum Gasteiger partial charge on any atom is -0.368 e. The quantitative estimate of drug-likeness (QED) is 0.882.